The normalized spacial score (nSPS) is 13.7. The van der Waals surface area contributed by atoms with E-state index in [4.69, 9.17) is 14.2 Å². The number of fused-ring (bicyclic) bond motifs is 2. The Morgan fingerprint density at radius 3 is 2.96 bits per heavy atom. The molecule has 6 nitrogen and oxygen atoms in total. The fourth-order valence-corrected chi connectivity index (χ4v) is 3.55. The van der Waals surface area contributed by atoms with Gasteiger partial charge in [0.15, 0.2) is 11.5 Å². The number of rotatable bonds is 7. The summed E-state index contributed by atoms with van der Waals surface area (Å²) in [7, 11) is 1.62. The number of hydrogen-bond donors (Lipinski definition) is 2. The number of aromatic nitrogens is 1. The quantitative estimate of drug-likeness (QED) is 0.630. The summed E-state index contributed by atoms with van der Waals surface area (Å²) in [6, 6.07) is 13.9. The molecular weight excluding hydrogens is 344 g/mol. The Hall–Kier alpha value is -2.99. The minimum Gasteiger partial charge on any atom is -0.454 e. The van der Waals surface area contributed by atoms with Crippen LogP contribution in [0.3, 0.4) is 0 Å². The lowest BCUT2D eigenvalue weighted by Crippen LogP contribution is -2.28. The molecule has 3 aromatic rings. The van der Waals surface area contributed by atoms with Crippen molar-refractivity contribution in [1.29, 1.82) is 0 Å². The molecule has 2 N–H and O–H groups in total. The third-order valence-corrected chi connectivity index (χ3v) is 4.82. The Morgan fingerprint density at radius 1 is 1.19 bits per heavy atom. The van der Waals surface area contributed by atoms with Crippen LogP contribution < -0.4 is 14.8 Å². The first kappa shape index (κ1) is 17.4. The van der Waals surface area contributed by atoms with Crippen molar-refractivity contribution in [2.45, 2.75) is 12.3 Å². The number of hydrogen-bond acceptors (Lipinski definition) is 4. The maximum absolute atomic E-state index is 12.6. The van der Waals surface area contributed by atoms with E-state index >= 15 is 0 Å². The van der Waals surface area contributed by atoms with Crippen molar-refractivity contribution in [2.24, 2.45) is 0 Å². The Kier molecular flexibility index (Phi) is 4.98. The third kappa shape index (κ3) is 3.48. The second kappa shape index (κ2) is 7.72. The van der Waals surface area contributed by atoms with Gasteiger partial charge >= 0.3 is 0 Å². The Morgan fingerprint density at radius 2 is 2.07 bits per heavy atom. The van der Waals surface area contributed by atoms with E-state index in [2.05, 4.69) is 16.4 Å². The maximum atomic E-state index is 12.6. The minimum absolute atomic E-state index is 0.0288. The summed E-state index contributed by atoms with van der Waals surface area (Å²) in [5, 5.41) is 4.02. The van der Waals surface area contributed by atoms with Gasteiger partial charge in [-0.25, -0.2) is 0 Å². The van der Waals surface area contributed by atoms with Crippen LogP contribution in [0.5, 0.6) is 11.5 Å². The summed E-state index contributed by atoms with van der Waals surface area (Å²) in [5.41, 5.74) is 3.06. The highest BCUT2D eigenvalue weighted by Crippen LogP contribution is 2.43. The topological polar surface area (TPSA) is 72.6 Å². The summed E-state index contributed by atoms with van der Waals surface area (Å²) >= 11 is 0. The number of H-pyrrole nitrogens is 1. The number of benzene rings is 2. The molecule has 1 amide bonds. The molecule has 0 aliphatic carbocycles. The van der Waals surface area contributed by atoms with E-state index in [-0.39, 0.29) is 18.6 Å². The van der Waals surface area contributed by atoms with Crippen molar-refractivity contribution in [2.75, 3.05) is 27.1 Å². The van der Waals surface area contributed by atoms with Gasteiger partial charge < -0.3 is 24.5 Å². The molecule has 0 saturated carbocycles. The summed E-state index contributed by atoms with van der Waals surface area (Å²) in [5.74, 6) is 1.26. The van der Waals surface area contributed by atoms with Crippen molar-refractivity contribution in [3.63, 3.8) is 0 Å². The van der Waals surface area contributed by atoms with E-state index in [0.29, 0.717) is 19.6 Å². The van der Waals surface area contributed by atoms with Crippen LogP contribution in [0.4, 0.5) is 0 Å². The number of amides is 1. The lowest BCUT2D eigenvalue weighted by molar-refractivity contribution is -0.121. The zero-order valence-electron chi connectivity index (χ0n) is 15.2. The summed E-state index contributed by atoms with van der Waals surface area (Å²) in [6.07, 6.45) is 2.29. The highest BCUT2D eigenvalue weighted by molar-refractivity contribution is 5.86. The summed E-state index contributed by atoms with van der Waals surface area (Å²) in [4.78, 5) is 15.9. The van der Waals surface area contributed by atoms with Crippen LogP contribution in [0.15, 0.2) is 48.7 Å². The van der Waals surface area contributed by atoms with Crippen LogP contribution in [0, 0.1) is 0 Å². The number of para-hydroxylation sites is 2. The molecule has 0 radical (unpaired) electrons. The number of carbonyl (C=O) groups excluding carboxylic acids is 1. The van der Waals surface area contributed by atoms with Gasteiger partial charge in [-0.15, -0.1) is 0 Å². The van der Waals surface area contributed by atoms with Crippen molar-refractivity contribution in [1.82, 2.24) is 10.3 Å². The third-order valence-electron chi connectivity index (χ3n) is 4.82. The van der Waals surface area contributed by atoms with Gasteiger partial charge in [-0.2, -0.15) is 0 Å². The molecule has 0 spiro atoms. The number of ether oxygens (including phenoxy) is 3. The molecule has 0 fully saturated rings. The molecule has 1 atom stereocenters. The molecule has 1 aliphatic heterocycles. The predicted molar refractivity (Wildman–Crippen MR) is 102 cm³/mol. The van der Waals surface area contributed by atoms with Crippen LogP contribution in [-0.2, 0) is 9.53 Å². The van der Waals surface area contributed by atoms with Gasteiger partial charge in [0.05, 0.1) is 6.61 Å². The van der Waals surface area contributed by atoms with Gasteiger partial charge in [0, 0.05) is 48.7 Å². The van der Waals surface area contributed by atoms with Crippen molar-refractivity contribution >= 4 is 16.8 Å². The molecule has 0 unspecified atom stereocenters. The zero-order valence-corrected chi connectivity index (χ0v) is 15.2. The molecule has 27 heavy (non-hydrogen) atoms. The van der Waals surface area contributed by atoms with E-state index in [0.717, 1.165) is 33.5 Å². The van der Waals surface area contributed by atoms with Crippen LogP contribution >= 0.6 is 0 Å². The number of nitrogens with one attached hydrogen (secondary N) is 2. The first-order valence-corrected chi connectivity index (χ1v) is 8.98. The van der Waals surface area contributed by atoms with E-state index in [1.54, 1.807) is 7.11 Å². The Balaban J connectivity index is 1.72. The van der Waals surface area contributed by atoms with Gasteiger partial charge in [0.2, 0.25) is 12.7 Å². The smallest absolute Gasteiger partial charge is 0.231 e. The second-order valence-electron chi connectivity index (χ2n) is 6.47. The van der Waals surface area contributed by atoms with Crippen molar-refractivity contribution in [3.05, 3.63) is 59.8 Å². The predicted octanol–water partition coefficient (Wildman–Crippen LogP) is 3.18. The van der Waals surface area contributed by atoms with E-state index < -0.39 is 0 Å². The van der Waals surface area contributed by atoms with Gasteiger partial charge in [-0.3, -0.25) is 4.79 Å². The molecule has 6 heteroatoms. The Bertz CT molecular complexity index is 950. The first-order chi connectivity index (χ1) is 13.3. The first-order valence-electron chi connectivity index (χ1n) is 8.98. The lowest BCUT2D eigenvalue weighted by atomic mass is 9.87. The molecule has 1 aromatic heterocycles. The highest BCUT2D eigenvalue weighted by atomic mass is 16.7. The fraction of sp³-hybridized carbons (Fsp3) is 0.286. The molecule has 0 saturated heterocycles. The van der Waals surface area contributed by atoms with Crippen molar-refractivity contribution < 1.29 is 19.0 Å². The number of methoxy groups -OCH3 is 1. The molecule has 2 aromatic carbocycles. The van der Waals surface area contributed by atoms with Gasteiger partial charge in [0.1, 0.15) is 0 Å². The zero-order chi connectivity index (χ0) is 18.6. The molecule has 1 aliphatic rings. The molecule has 2 heterocycles. The van der Waals surface area contributed by atoms with Crippen LogP contribution in [0.2, 0.25) is 0 Å². The highest BCUT2D eigenvalue weighted by Gasteiger charge is 2.28. The standard InChI is InChI=1S/C21H22N2O4/c1-25-10-9-22-20(24)11-16(15-6-4-8-19-21(15)27-13-26-19)17-12-23-18-7-3-2-5-14(17)18/h2-8,12,16,23H,9-11,13H2,1H3,(H,22,24)/t16-/m1/s1. The number of aromatic amines is 1. The van der Waals surface area contributed by atoms with Crippen LogP contribution in [-0.4, -0.2) is 37.9 Å². The van der Waals surface area contributed by atoms with Crippen LogP contribution in [0.1, 0.15) is 23.5 Å². The average molecular weight is 366 g/mol. The summed E-state index contributed by atoms with van der Waals surface area (Å²) < 4.78 is 16.3. The lowest BCUT2D eigenvalue weighted by Gasteiger charge is -2.19. The van der Waals surface area contributed by atoms with Gasteiger partial charge in [0.25, 0.3) is 0 Å². The van der Waals surface area contributed by atoms with Gasteiger partial charge in [-0.1, -0.05) is 30.3 Å². The van der Waals surface area contributed by atoms with E-state index in [9.17, 15) is 4.79 Å². The molecule has 140 valence electrons. The molecular formula is C21H22N2O4. The average Bonchev–Trinajstić information content (AvgIpc) is 3.33. The van der Waals surface area contributed by atoms with Crippen LogP contribution in [0.25, 0.3) is 10.9 Å². The largest absolute Gasteiger partial charge is 0.454 e. The van der Waals surface area contributed by atoms with E-state index in [1.165, 1.54) is 0 Å². The SMILES string of the molecule is COCCNC(=O)C[C@H](c1cccc2c1OCO2)c1c[nH]c2ccccc12. The molecule has 0 bridgehead atoms. The van der Waals surface area contributed by atoms with Crippen molar-refractivity contribution in [3.8, 4) is 11.5 Å². The second-order valence-corrected chi connectivity index (χ2v) is 6.47. The van der Waals surface area contributed by atoms with E-state index in [1.807, 2.05) is 42.6 Å². The fourth-order valence-electron chi connectivity index (χ4n) is 3.55. The maximum Gasteiger partial charge on any atom is 0.231 e. The summed E-state index contributed by atoms with van der Waals surface area (Å²) in [6.45, 7) is 1.18. The minimum atomic E-state index is -0.152. The Labute approximate surface area is 157 Å². The number of carbonyl (C=O) groups is 1. The molecule has 4 rings (SSSR count). The van der Waals surface area contributed by atoms with Gasteiger partial charge in [-0.05, 0) is 17.7 Å². The monoisotopic (exact) mass is 366 g/mol.